The number of hydrogen-bond acceptors (Lipinski definition) is 3. The predicted molar refractivity (Wildman–Crippen MR) is 91.1 cm³/mol. The molecule has 2 rings (SSSR count). The lowest BCUT2D eigenvalue weighted by molar-refractivity contribution is 0.0697. The van der Waals surface area contributed by atoms with Crippen LogP contribution in [-0.4, -0.2) is 60.0 Å². The first-order valence-electron chi connectivity index (χ1n) is 8.18. The van der Waals surface area contributed by atoms with Crippen LogP contribution in [0.15, 0.2) is 6.07 Å². The van der Waals surface area contributed by atoms with E-state index in [0.717, 1.165) is 17.8 Å². The van der Waals surface area contributed by atoms with Crippen molar-refractivity contribution in [3.63, 3.8) is 0 Å². The third kappa shape index (κ3) is 3.77. The molecule has 0 N–H and O–H groups in total. The highest BCUT2D eigenvalue weighted by Gasteiger charge is 2.29. The van der Waals surface area contributed by atoms with E-state index in [4.69, 9.17) is 0 Å². The van der Waals surface area contributed by atoms with Gasteiger partial charge in [-0.2, -0.15) is 4.31 Å². The van der Waals surface area contributed by atoms with Gasteiger partial charge in [-0.15, -0.1) is 0 Å². The molecule has 0 unspecified atom stereocenters. The van der Waals surface area contributed by atoms with Crippen molar-refractivity contribution in [2.75, 3.05) is 31.9 Å². The van der Waals surface area contributed by atoms with E-state index in [1.165, 1.54) is 4.31 Å². The Morgan fingerprint density at radius 3 is 2.26 bits per heavy atom. The van der Waals surface area contributed by atoms with Crippen LogP contribution in [0.1, 0.15) is 41.5 Å². The van der Waals surface area contributed by atoms with Gasteiger partial charge in [-0.05, 0) is 26.3 Å². The van der Waals surface area contributed by atoms with Gasteiger partial charge < -0.3 is 9.47 Å². The third-order valence-corrected chi connectivity index (χ3v) is 6.64. The number of sulfonamides is 1. The molecule has 1 saturated heterocycles. The molecule has 1 aromatic heterocycles. The average Bonchev–Trinajstić information content (AvgIpc) is 2.80. The first-order chi connectivity index (χ1) is 10.8. The number of unbranched alkanes of at least 4 members (excludes halogenated alkanes) is 1. The van der Waals surface area contributed by atoms with Crippen LogP contribution < -0.4 is 0 Å². The van der Waals surface area contributed by atoms with Crippen molar-refractivity contribution in [3.05, 3.63) is 23.0 Å². The molecule has 1 fully saturated rings. The van der Waals surface area contributed by atoms with Crippen LogP contribution in [0, 0.1) is 13.8 Å². The topological polar surface area (TPSA) is 62.6 Å². The van der Waals surface area contributed by atoms with Crippen LogP contribution in [0.5, 0.6) is 0 Å². The van der Waals surface area contributed by atoms with Crippen molar-refractivity contribution in [1.29, 1.82) is 0 Å². The van der Waals surface area contributed by atoms with Gasteiger partial charge in [0, 0.05) is 44.6 Å². The normalized spacial score (nSPS) is 16.8. The van der Waals surface area contributed by atoms with Crippen LogP contribution in [0.2, 0.25) is 0 Å². The Morgan fingerprint density at radius 2 is 1.78 bits per heavy atom. The second kappa shape index (κ2) is 7.05. The maximum atomic E-state index is 12.7. The summed E-state index contributed by atoms with van der Waals surface area (Å²) >= 11 is 0. The molecule has 0 bridgehead atoms. The molecule has 130 valence electrons. The zero-order chi connectivity index (χ0) is 17.2. The SMILES string of the molecule is CCCCS(=O)(=O)N1CCN(C(=O)c2cc(C)n(C)c2C)CC1. The fourth-order valence-electron chi connectivity index (χ4n) is 2.87. The van der Waals surface area contributed by atoms with Gasteiger partial charge in [-0.1, -0.05) is 13.3 Å². The lowest BCUT2D eigenvalue weighted by atomic mass is 10.2. The molecule has 7 heteroatoms. The molecule has 6 nitrogen and oxygen atoms in total. The molecule has 1 amide bonds. The highest BCUT2D eigenvalue weighted by atomic mass is 32.2. The summed E-state index contributed by atoms with van der Waals surface area (Å²) in [5.41, 5.74) is 2.71. The number of aromatic nitrogens is 1. The molecule has 0 spiro atoms. The second-order valence-corrected chi connectivity index (χ2v) is 8.29. The number of piperazine rings is 1. The van der Waals surface area contributed by atoms with Gasteiger partial charge >= 0.3 is 0 Å². The van der Waals surface area contributed by atoms with E-state index in [2.05, 4.69) is 0 Å². The minimum Gasteiger partial charge on any atom is -0.351 e. The van der Waals surface area contributed by atoms with Gasteiger partial charge in [0.25, 0.3) is 5.91 Å². The fraction of sp³-hybridized carbons (Fsp3) is 0.688. The third-order valence-electron chi connectivity index (χ3n) is 4.68. The van der Waals surface area contributed by atoms with E-state index in [1.54, 1.807) is 4.90 Å². The first-order valence-corrected chi connectivity index (χ1v) is 9.79. The quantitative estimate of drug-likeness (QED) is 0.816. The van der Waals surface area contributed by atoms with Crippen molar-refractivity contribution < 1.29 is 13.2 Å². The second-order valence-electron chi connectivity index (χ2n) is 6.20. The maximum absolute atomic E-state index is 12.7. The van der Waals surface area contributed by atoms with Crippen LogP contribution in [-0.2, 0) is 17.1 Å². The zero-order valence-electron chi connectivity index (χ0n) is 14.5. The highest BCUT2D eigenvalue weighted by molar-refractivity contribution is 7.89. The number of rotatable bonds is 5. The largest absolute Gasteiger partial charge is 0.351 e. The van der Waals surface area contributed by atoms with Crippen LogP contribution in [0.4, 0.5) is 0 Å². The zero-order valence-corrected chi connectivity index (χ0v) is 15.3. The van der Waals surface area contributed by atoms with E-state index < -0.39 is 10.0 Å². The Hall–Kier alpha value is -1.34. The van der Waals surface area contributed by atoms with E-state index in [9.17, 15) is 13.2 Å². The van der Waals surface area contributed by atoms with E-state index in [-0.39, 0.29) is 11.7 Å². The summed E-state index contributed by atoms with van der Waals surface area (Å²) in [7, 11) is -1.23. The smallest absolute Gasteiger partial charge is 0.255 e. The van der Waals surface area contributed by atoms with Gasteiger partial charge in [0.2, 0.25) is 10.0 Å². The summed E-state index contributed by atoms with van der Waals surface area (Å²) in [5.74, 6) is 0.200. The molecule has 0 atom stereocenters. The predicted octanol–water partition coefficient (Wildman–Crippen LogP) is 1.53. The van der Waals surface area contributed by atoms with E-state index >= 15 is 0 Å². The van der Waals surface area contributed by atoms with Gasteiger partial charge in [0.05, 0.1) is 11.3 Å². The molecule has 1 aromatic rings. The molecule has 0 aromatic carbocycles. The lowest BCUT2D eigenvalue weighted by Gasteiger charge is -2.34. The minimum atomic E-state index is -3.18. The van der Waals surface area contributed by atoms with Crippen molar-refractivity contribution >= 4 is 15.9 Å². The number of amides is 1. The Kier molecular flexibility index (Phi) is 5.52. The van der Waals surface area contributed by atoms with Crippen molar-refractivity contribution in [2.45, 2.75) is 33.6 Å². The summed E-state index contributed by atoms with van der Waals surface area (Å²) in [6.07, 6.45) is 1.55. The molecule has 0 saturated carbocycles. The highest BCUT2D eigenvalue weighted by Crippen LogP contribution is 2.18. The number of hydrogen-bond donors (Lipinski definition) is 0. The number of carbonyl (C=O) groups excluding carboxylic acids is 1. The number of aryl methyl sites for hydroxylation is 1. The van der Waals surface area contributed by atoms with Crippen LogP contribution in [0.3, 0.4) is 0 Å². The average molecular weight is 341 g/mol. The van der Waals surface area contributed by atoms with Gasteiger partial charge in [0.1, 0.15) is 0 Å². The Morgan fingerprint density at radius 1 is 1.17 bits per heavy atom. The van der Waals surface area contributed by atoms with Gasteiger partial charge in [0.15, 0.2) is 0 Å². The summed E-state index contributed by atoms with van der Waals surface area (Å²) in [6.45, 7) is 7.59. The summed E-state index contributed by atoms with van der Waals surface area (Å²) in [5, 5.41) is 0. The summed E-state index contributed by atoms with van der Waals surface area (Å²) in [6, 6.07) is 1.90. The van der Waals surface area contributed by atoms with Crippen molar-refractivity contribution in [2.24, 2.45) is 7.05 Å². The maximum Gasteiger partial charge on any atom is 0.255 e. The minimum absolute atomic E-state index is 0.00296. The fourth-order valence-corrected chi connectivity index (χ4v) is 4.50. The van der Waals surface area contributed by atoms with E-state index in [0.29, 0.717) is 38.2 Å². The standard InChI is InChI=1S/C16H27N3O3S/c1-5-6-11-23(21,22)19-9-7-18(8-10-19)16(20)15-12-13(2)17(4)14(15)3/h12H,5-11H2,1-4H3. The Labute approximate surface area is 139 Å². The lowest BCUT2D eigenvalue weighted by Crippen LogP contribution is -2.51. The number of nitrogens with zero attached hydrogens (tertiary/aromatic N) is 3. The molecule has 0 radical (unpaired) electrons. The van der Waals surface area contributed by atoms with Crippen LogP contribution >= 0.6 is 0 Å². The monoisotopic (exact) mass is 341 g/mol. The molecule has 1 aliphatic heterocycles. The molecular weight excluding hydrogens is 314 g/mol. The molecule has 0 aliphatic carbocycles. The number of carbonyl (C=O) groups is 1. The molecule has 23 heavy (non-hydrogen) atoms. The van der Waals surface area contributed by atoms with Gasteiger partial charge in [-0.25, -0.2) is 8.42 Å². The van der Waals surface area contributed by atoms with Gasteiger partial charge in [-0.3, -0.25) is 4.79 Å². The van der Waals surface area contributed by atoms with E-state index in [1.807, 2.05) is 38.5 Å². The first kappa shape index (κ1) is 18.0. The van der Waals surface area contributed by atoms with Crippen LogP contribution in [0.25, 0.3) is 0 Å². The molecule has 1 aliphatic rings. The van der Waals surface area contributed by atoms with Crippen molar-refractivity contribution in [1.82, 2.24) is 13.8 Å². The molecular formula is C16H27N3O3S. The Balaban J connectivity index is 2.01. The summed E-state index contributed by atoms with van der Waals surface area (Å²) < 4.78 is 27.9. The van der Waals surface area contributed by atoms with Crippen molar-refractivity contribution in [3.8, 4) is 0 Å². The Bertz CT molecular complexity index is 671. The summed E-state index contributed by atoms with van der Waals surface area (Å²) in [4.78, 5) is 14.4. The molecule has 2 heterocycles.